The molecule has 110 valence electrons. The smallest absolute Gasteiger partial charge is 1.00 e. The van der Waals surface area contributed by atoms with Crippen molar-refractivity contribution in [3.05, 3.63) is 22.1 Å². The van der Waals surface area contributed by atoms with Gasteiger partial charge in [-0.15, -0.1) is 0 Å². The first kappa shape index (κ1) is 28.8. The van der Waals surface area contributed by atoms with Crippen LogP contribution < -0.4 is 59.1 Å². The summed E-state index contributed by atoms with van der Waals surface area (Å²) in [6.45, 7) is 1.74. The van der Waals surface area contributed by atoms with Crippen molar-refractivity contribution in [1.82, 2.24) is 9.55 Å². The van der Waals surface area contributed by atoms with Crippen molar-refractivity contribution in [2.24, 2.45) is 0 Å². The Kier molecular flexibility index (Phi) is 19.1. The zero-order chi connectivity index (χ0) is 13.6. The molecule has 0 bridgehead atoms. The molecule has 1 aromatic rings. The Morgan fingerprint density at radius 3 is 2.15 bits per heavy atom. The van der Waals surface area contributed by atoms with E-state index in [4.69, 9.17) is 24.4 Å². The molecule has 20 heavy (non-hydrogen) atoms. The number of imidazole rings is 1. The number of phosphoric acid groups is 1. The quantitative estimate of drug-likeness (QED) is 0.181. The number of aryl methyl sites for hydroxylation is 1. The molecule has 14 heteroatoms. The van der Waals surface area contributed by atoms with Crippen LogP contribution in [0, 0.1) is 17.0 Å². The van der Waals surface area contributed by atoms with Gasteiger partial charge in [0, 0.05) is 6.92 Å². The third-order valence-corrected chi connectivity index (χ3v) is 1.54. The number of aliphatic hydroxyl groups excluding tert-OH is 1. The summed E-state index contributed by atoms with van der Waals surface area (Å²) in [7, 11) is -4.64. The minimum Gasteiger partial charge on any atom is -1.00 e. The van der Waals surface area contributed by atoms with E-state index in [2.05, 4.69) is 4.98 Å². The summed E-state index contributed by atoms with van der Waals surface area (Å²) in [6.07, 6.45) is 1.19. The number of hydrogen-bond donors (Lipinski definition) is 4. The number of nitrogens with zero attached hydrogens (tertiary/aromatic N) is 3. The van der Waals surface area contributed by atoms with Gasteiger partial charge in [-0.3, -0.25) is 0 Å². The number of hydrogen-bond acceptors (Lipinski definition) is 5. The fourth-order valence-electron chi connectivity index (χ4n) is 0.978. The number of aliphatic hydroxyl groups is 1. The molecule has 0 aromatic carbocycles. The van der Waals surface area contributed by atoms with Crippen LogP contribution in [0.2, 0.25) is 0 Å². The van der Waals surface area contributed by atoms with E-state index in [1.54, 1.807) is 6.92 Å². The Bertz CT molecular complexity index is 437. The Hall–Kier alpha value is 0.640. The SMILES string of the molecule is Cc1ncc([N+](=O)[O-])n1CCO.O.O=P(O)(O)O.[H-].[H-].[Na+].[Na+]. The van der Waals surface area contributed by atoms with Crippen LogP contribution in [0.5, 0.6) is 0 Å². The van der Waals surface area contributed by atoms with E-state index < -0.39 is 12.7 Å². The van der Waals surface area contributed by atoms with Gasteiger partial charge in [-0.25, -0.2) is 14.1 Å². The summed E-state index contributed by atoms with van der Waals surface area (Å²) in [4.78, 5) is 35.2. The predicted molar refractivity (Wildman–Crippen MR) is 60.8 cm³/mol. The molecule has 0 atom stereocenters. The first-order chi connectivity index (χ1) is 7.66. The minimum absolute atomic E-state index is 0. The first-order valence-electron chi connectivity index (χ1n) is 4.22. The van der Waals surface area contributed by atoms with Crippen molar-refractivity contribution in [1.29, 1.82) is 0 Å². The van der Waals surface area contributed by atoms with Crippen LogP contribution in [-0.4, -0.2) is 46.3 Å². The van der Waals surface area contributed by atoms with E-state index in [-0.39, 0.29) is 86.4 Å². The Morgan fingerprint density at radius 2 is 1.85 bits per heavy atom. The molecule has 0 fully saturated rings. The fourth-order valence-corrected chi connectivity index (χ4v) is 0.978. The van der Waals surface area contributed by atoms with Gasteiger partial charge in [0.15, 0.2) is 5.82 Å². The summed E-state index contributed by atoms with van der Waals surface area (Å²) < 4.78 is 10.2. The molecule has 1 heterocycles. The van der Waals surface area contributed by atoms with Gasteiger partial charge in [0.05, 0.1) is 6.61 Å². The molecular formula is C6H16N3Na2O8P. The van der Waals surface area contributed by atoms with Crippen LogP contribution >= 0.6 is 7.82 Å². The number of rotatable bonds is 3. The molecule has 0 saturated heterocycles. The van der Waals surface area contributed by atoms with Crippen molar-refractivity contribution in [3.63, 3.8) is 0 Å². The first-order valence-corrected chi connectivity index (χ1v) is 5.79. The summed E-state index contributed by atoms with van der Waals surface area (Å²) >= 11 is 0. The third kappa shape index (κ3) is 13.6. The van der Waals surface area contributed by atoms with E-state index in [0.717, 1.165) is 0 Å². The second-order valence-electron chi connectivity index (χ2n) is 2.81. The van der Waals surface area contributed by atoms with Crippen LogP contribution in [0.25, 0.3) is 0 Å². The predicted octanol–water partition coefficient (Wildman–Crippen LogP) is -7.43. The van der Waals surface area contributed by atoms with Crippen LogP contribution in [0.4, 0.5) is 5.82 Å². The Balaban J connectivity index is -0.0000000574. The summed E-state index contributed by atoms with van der Waals surface area (Å²) in [6, 6.07) is 0. The third-order valence-electron chi connectivity index (χ3n) is 1.54. The molecular weight excluding hydrogens is 319 g/mol. The monoisotopic (exact) mass is 335 g/mol. The second kappa shape index (κ2) is 13.3. The van der Waals surface area contributed by atoms with Crippen LogP contribution in [0.15, 0.2) is 6.20 Å². The zero-order valence-corrected chi connectivity index (χ0v) is 16.2. The second-order valence-corrected chi connectivity index (χ2v) is 3.84. The summed E-state index contributed by atoms with van der Waals surface area (Å²) in [5.41, 5.74) is 0. The van der Waals surface area contributed by atoms with Gasteiger partial charge in [-0.1, -0.05) is 0 Å². The van der Waals surface area contributed by atoms with Crippen LogP contribution in [0.3, 0.4) is 0 Å². The zero-order valence-electron chi connectivity index (χ0n) is 13.3. The van der Waals surface area contributed by atoms with Crippen LogP contribution in [-0.2, 0) is 11.1 Å². The molecule has 0 spiro atoms. The van der Waals surface area contributed by atoms with E-state index >= 15 is 0 Å². The Morgan fingerprint density at radius 1 is 1.45 bits per heavy atom. The van der Waals surface area contributed by atoms with Crippen molar-refractivity contribution < 1.29 is 96.7 Å². The maximum Gasteiger partial charge on any atom is 1.00 e. The average molecular weight is 335 g/mol. The molecule has 11 nitrogen and oxygen atoms in total. The summed E-state index contributed by atoms with van der Waals surface area (Å²) in [5, 5.41) is 19.0. The topological polar surface area (TPSA) is 190 Å². The Labute approximate surface area is 161 Å². The molecule has 1 rings (SSSR count). The van der Waals surface area contributed by atoms with E-state index in [1.165, 1.54) is 10.8 Å². The molecule has 0 aliphatic carbocycles. The molecule has 0 radical (unpaired) electrons. The van der Waals surface area contributed by atoms with Gasteiger partial charge in [0.2, 0.25) is 0 Å². The largest absolute Gasteiger partial charge is 1.00 e. The molecule has 0 aliphatic heterocycles. The van der Waals surface area contributed by atoms with Crippen molar-refractivity contribution in [3.8, 4) is 0 Å². The van der Waals surface area contributed by atoms with Gasteiger partial charge in [0.1, 0.15) is 12.7 Å². The number of nitro groups is 1. The maximum absolute atomic E-state index is 10.4. The average Bonchev–Trinajstić information content (AvgIpc) is 2.46. The van der Waals surface area contributed by atoms with Crippen LogP contribution in [0.1, 0.15) is 8.68 Å². The number of aromatic nitrogens is 2. The van der Waals surface area contributed by atoms with E-state index in [0.29, 0.717) is 5.82 Å². The van der Waals surface area contributed by atoms with Crippen molar-refractivity contribution in [2.75, 3.05) is 6.61 Å². The van der Waals surface area contributed by atoms with Crippen molar-refractivity contribution in [2.45, 2.75) is 13.5 Å². The molecule has 0 aliphatic rings. The van der Waals surface area contributed by atoms with Crippen molar-refractivity contribution >= 4 is 13.6 Å². The van der Waals surface area contributed by atoms with E-state index in [1.807, 2.05) is 0 Å². The molecule has 0 unspecified atom stereocenters. The fraction of sp³-hybridized carbons (Fsp3) is 0.500. The minimum atomic E-state index is -4.64. The van der Waals surface area contributed by atoms with E-state index in [9.17, 15) is 10.1 Å². The van der Waals surface area contributed by atoms with Gasteiger partial charge in [0.25, 0.3) is 0 Å². The van der Waals surface area contributed by atoms with Gasteiger partial charge in [-0.2, -0.15) is 0 Å². The normalized spacial score (nSPS) is 9.05. The molecule has 6 N–H and O–H groups in total. The van der Waals surface area contributed by atoms with Gasteiger partial charge >= 0.3 is 72.8 Å². The van der Waals surface area contributed by atoms with Gasteiger partial charge in [-0.05, 0) is 4.92 Å². The maximum atomic E-state index is 10.4. The molecule has 1 aromatic heterocycles. The molecule has 0 saturated carbocycles. The van der Waals surface area contributed by atoms with Gasteiger partial charge < -0.3 is 38.2 Å². The standard InChI is InChI=1S/C6H9N3O3.2Na.H3O4P.H2O.2H/c1-5-7-4-6(9(11)12)8(5)2-3-10;;;1-5(2,3)4;;;/h4,10H,2-3H2,1H3;;;(H3,1,2,3,4);1H2;;/q;2*+1;;;2*-1. The molecule has 0 amide bonds. The summed E-state index contributed by atoms with van der Waals surface area (Å²) in [5.74, 6) is 0.456.